The first kappa shape index (κ1) is 8.11. The Morgan fingerprint density at radius 2 is 2.36 bits per heavy atom. The first-order valence-electron chi connectivity index (χ1n) is 4.10. The van der Waals surface area contributed by atoms with Crippen LogP contribution in [0, 0.1) is 0 Å². The predicted molar refractivity (Wildman–Crippen MR) is 46.2 cm³/mol. The van der Waals surface area contributed by atoms with Crippen LogP contribution in [0.25, 0.3) is 0 Å². The molecule has 0 aromatic carbocycles. The van der Waals surface area contributed by atoms with Gasteiger partial charge in [0, 0.05) is 6.54 Å². The Kier molecular flexibility index (Phi) is 2.95. The maximum Gasteiger partial charge on any atom is 0.123 e. The van der Waals surface area contributed by atoms with Crippen LogP contribution in [-0.2, 0) is 6.54 Å². The Morgan fingerprint density at radius 3 is 2.91 bits per heavy atom. The fourth-order valence-corrected chi connectivity index (χ4v) is 1.05. The van der Waals surface area contributed by atoms with Crippen LogP contribution in [0.3, 0.4) is 0 Å². The van der Waals surface area contributed by atoms with Crippen LogP contribution >= 0.6 is 0 Å². The largest absolute Gasteiger partial charge is 0.384 e. The second-order valence-electron chi connectivity index (χ2n) is 2.72. The average Bonchev–Trinajstić information content (AvgIpc) is 2.37. The minimum Gasteiger partial charge on any atom is -0.384 e. The number of anilines is 1. The molecule has 11 heavy (non-hydrogen) atoms. The Morgan fingerprint density at radius 1 is 1.55 bits per heavy atom. The van der Waals surface area contributed by atoms with Gasteiger partial charge in [-0.15, -0.1) is 0 Å². The summed E-state index contributed by atoms with van der Waals surface area (Å²) >= 11 is 0. The van der Waals surface area contributed by atoms with Crippen molar-refractivity contribution in [3.8, 4) is 0 Å². The molecular weight excluding hydrogens is 138 g/mol. The smallest absolute Gasteiger partial charge is 0.123 e. The average molecular weight is 153 g/mol. The van der Waals surface area contributed by atoms with Crippen molar-refractivity contribution < 1.29 is 0 Å². The lowest BCUT2D eigenvalue weighted by Crippen LogP contribution is -2.00. The molecule has 0 amide bonds. The van der Waals surface area contributed by atoms with Gasteiger partial charge in [0.15, 0.2) is 0 Å². The van der Waals surface area contributed by atoms with E-state index in [0.717, 1.165) is 12.4 Å². The van der Waals surface area contributed by atoms with E-state index in [2.05, 4.69) is 11.9 Å². The topological polar surface area (TPSA) is 43.8 Å². The van der Waals surface area contributed by atoms with Gasteiger partial charge >= 0.3 is 0 Å². The number of aromatic nitrogens is 2. The number of nitrogens with zero attached hydrogens (tertiary/aromatic N) is 2. The molecule has 62 valence electrons. The molecule has 0 aliphatic carbocycles. The minimum absolute atomic E-state index is 0.765. The number of unbranched alkanes of at least 4 members (excludes halogenated alkanes) is 2. The molecule has 1 aromatic rings. The summed E-state index contributed by atoms with van der Waals surface area (Å²) in [4.78, 5) is 3.94. The number of nitrogens with two attached hydrogens (primary N) is 1. The summed E-state index contributed by atoms with van der Waals surface area (Å²) in [7, 11) is 0. The van der Waals surface area contributed by atoms with Crippen molar-refractivity contribution in [1.82, 2.24) is 9.55 Å². The summed E-state index contributed by atoms with van der Waals surface area (Å²) in [6, 6.07) is 0. The lowest BCUT2D eigenvalue weighted by Gasteiger charge is -2.02. The second kappa shape index (κ2) is 4.01. The van der Waals surface area contributed by atoms with Gasteiger partial charge in [-0.05, 0) is 6.42 Å². The van der Waals surface area contributed by atoms with Crippen molar-refractivity contribution >= 4 is 5.82 Å². The number of aryl methyl sites for hydroxylation is 1. The molecule has 0 aliphatic rings. The van der Waals surface area contributed by atoms with Gasteiger partial charge in [0.1, 0.15) is 5.82 Å². The summed E-state index contributed by atoms with van der Waals surface area (Å²) in [6.45, 7) is 3.19. The first-order valence-corrected chi connectivity index (χ1v) is 4.10. The molecule has 0 fully saturated rings. The molecule has 1 aromatic heterocycles. The van der Waals surface area contributed by atoms with Gasteiger partial charge in [-0.3, -0.25) is 0 Å². The van der Waals surface area contributed by atoms with Gasteiger partial charge in [-0.1, -0.05) is 19.8 Å². The van der Waals surface area contributed by atoms with Crippen LogP contribution in [0.5, 0.6) is 0 Å². The Balaban J connectivity index is 2.32. The SMILES string of the molecule is CCCCCn1cncc1N. The van der Waals surface area contributed by atoms with E-state index in [1.165, 1.54) is 19.3 Å². The molecule has 0 atom stereocenters. The van der Waals surface area contributed by atoms with Crippen molar-refractivity contribution in [3.05, 3.63) is 12.5 Å². The molecule has 0 radical (unpaired) electrons. The highest BCUT2D eigenvalue weighted by Gasteiger charge is 1.94. The molecule has 0 aliphatic heterocycles. The van der Waals surface area contributed by atoms with E-state index in [-0.39, 0.29) is 0 Å². The molecule has 0 bridgehead atoms. The third kappa shape index (κ3) is 2.26. The third-order valence-electron chi connectivity index (χ3n) is 1.75. The van der Waals surface area contributed by atoms with Crippen LogP contribution in [-0.4, -0.2) is 9.55 Å². The quantitative estimate of drug-likeness (QED) is 0.668. The highest BCUT2D eigenvalue weighted by molar-refractivity contribution is 5.24. The zero-order valence-corrected chi connectivity index (χ0v) is 6.95. The summed E-state index contributed by atoms with van der Waals surface area (Å²) in [6.07, 6.45) is 7.17. The number of rotatable bonds is 4. The summed E-state index contributed by atoms with van der Waals surface area (Å²) < 4.78 is 1.98. The molecule has 0 saturated heterocycles. The van der Waals surface area contributed by atoms with E-state index in [1.807, 2.05) is 4.57 Å². The summed E-state index contributed by atoms with van der Waals surface area (Å²) in [5.41, 5.74) is 5.62. The van der Waals surface area contributed by atoms with Gasteiger partial charge < -0.3 is 10.3 Å². The number of nitrogen functional groups attached to an aromatic ring is 1. The summed E-state index contributed by atoms with van der Waals surface area (Å²) in [5, 5.41) is 0. The molecule has 1 rings (SSSR count). The number of hydrogen-bond donors (Lipinski definition) is 1. The van der Waals surface area contributed by atoms with Crippen molar-refractivity contribution in [1.29, 1.82) is 0 Å². The van der Waals surface area contributed by atoms with Crippen molar-refractivity contribution in [3.63, 3.8) is 0 Å². The highest BCUT2D eigenvalue weighted by Crippen LogP contribution is 2.03. The van der Waals surface area contributed by atoms with E-state index >= 15 is 0 Å². The fourth-order valence-electron chi connectivity index (χ4n) is 1.05. The molecule has 0 unspecified atom stereocenters. The lowest BCUT2D eigenvalue weighted by atomic mass is 10.2. The lowest BCUT2D eigenvalue weighted by molar-refractivity contribution is 0.607. The highest BCUT2D eigenvalue weighted by atomic mass is 15.1. The number of imidazole rings is 1. The molecule has 0 saturated carbocycles. The van der Waals surface area contributed by atoms with Crippen molar-refractivity contribution in [2.75, 3.05) is 5.73 Å². The third-order valence-corrected chi connectivity index (χ3v) is 1.75. The Hall–Kier alpha value is -0.990. The predicted octanol–water partition coefficient (Wildman–Crippen LogP) is 1.66. The maximum absolute atomic E-state index is 5.62. The zero-order valence-electron chi connectivity index (χ0n) is 6.95. The van der Waals surface area contributed by atoms with Crippen LogP contribution < -0.4 is 5.73 Å². The molecule has 0 spiro atoms. The standard InChI is InChI=1S/C8H15N3/c1-2-3-4-5-11-7-10-6-8(11)9/h6-7H,2-5,9H2,1H3. The first-order chi connectivity index (χ1) is 5.34. The minimum atomic E-state index is 0.765. The second-order valence-corrected chi connectivity index (χ2v) is 2.72. The van der Waals surface area contributed by atoms with Crippen LogP contribution in [0.4, 0.5) is 5.82 Å². The van der Waals surface area contributed by atoms with Crippen LogP contribution in [0.1, 0.15) is 26.2 Å². The molecule has 3 nitrogen and oxygen atoms in total. The molecule has 2 N–H and O–H groups in total. The van der Waals surface area contributed by atoms with Gasteiger partial charge in [-0.2, -0.15) is 0 Å². The van der Waals surface area contributed by atoms with E-state index in [0.29, 0.717) is 0 Å². The van der Waals surface area contributed by atoms with E-state index < -0.39 is 0 Å². The molecular formula is C8H15N3. The van der Waals surface area contributed by atoms with Crippen molar-refractivity contribution in [2.45, 2.75) is 32.7 Å². The van der Waals surface area contributed by atoms with Gasteiger partial charge in [0.25, 0.3) is 0 Å². The number of hydrogen-bond acceptors (Lipinski definition) is 2. The van der Waals surface area contributed by atoms with Gasteiger partial charge in [0.05, 0.1) is 12.5 Å². The van der Waals surface area contributed by atoms with Crippen LogP contribution in [0.2, 0.25) is 0 Å². The fraction of sp³-hybridized carbons (Fsp3) is 0.625. The molecule has 1 heterocycles. The maximum atomic E-state index is 5.62. The monoisotopic (exact) mass is 153 g/mol. The van der Waals surface area contributed by atoms with Gasteiger partial charge in [-0.25, -0.2) is 4.98 Å². The van der Waals surface area contributed by atoms with Gasteiger partial charge in [0.2, 0.25) is 0 Å². The van der Waals surface area contributed by atoms with Crippen molar-refractivity contribution in [2.24, 2.45) is 0 Å². The normalized spacial score (nSPS) is 10.3. The van der Waals surface area contributed by atoms with E-state index in [1.54, 1.807) is 12.5 Å². The Bertz CT molecular complexity index is 205. The Labute approximate surface area is 67.2 Å². The van der Waals surface area contributed by atoms with Crippen LogP contribution in [0.15, 0.2) is 12.5 Å². The molecule has 3 heteroatoms. The van der Waals surface area contributed by atoms with E-state index in [4.69, 9.17) is 5.73 Å². The summed E-state index contributed by atoms with van der Waals surface area (Å²) in [5.74, 6) is 0.765. The van der Waals surface area contributed by atoms with E-state index in [9.17, 15) is 0 Å². The zero-order chi connectivity index (χ0) is 8.10.